The van der Waals surface area contributed by atoms with Crippen molar-refractivity contribution in [1.29, 1.82) is 0 Å². The maximum Gasteiger partial charge on any atom is 0.119 e. The number of hydrogen-bond donors (Lipinski definition) is 1. The van der Waals surface area contributed by atoms with E-state index in [4.69, 9.17) is 0 Å². The number of aryl methyl sites for hydroxylation is 3. The second kappa shape index (κ2) is 20.0. The second-order valence-corrected chi connectivity index (χ2v) is 15.6. The lowest BCUT2D eigenvalue weighted by molar-refractivity contribution is 0.160. The van der Waals surface area contributed by atoms with E-state index in [2.05, 4.69) is 54.8 Å². The molecule has 47 heavy (non-hydrogen) atoms. The van der Waals surface area contributed by atoms with Crippen molar-refractivity contribution in [2.45, 2.75) is 169 Å². The molecule has 0 saturated heterocycles. The molecule has 2 saturated carbocycles. The molecule has 0 radical (unpaired) electrons. The van der Waals surface area contributed by atoms with Crippen LogP contribution in [0, 0.1) is 18.8 Å². The van der Waals surface area contributed by atoms with Gasteiger partial charge < -0.3 is 14.9 Å². The van der Waals surface area contributed by atoms with E-state index in [1.165, 1.54) is 158 Å². The SMILES string of the molecule is C.CCCN(CCC1CCCCC1)C1CCc2cccc(C)c2C1.CCCN(CCC1CCCCC1)C1CCc2cccc(O)c2C1. The first kappa shape index (κ1) is 38.0. The van der Waals surface area contributed by atoms with E-state index in [-0.39, 0.29) is 7.43 Å². The quantitative estimate of drug-likeness (QED) is 0.249. The van der Waals surface area contributed by atoms with Crippen LogP contribution in [-0.2, 0) is 25.7 Å². The molecule has 3 nitrogen and oxygen atoms in total. The fraction of sp³-hybridized carbons (Fsp3) is 0.727. The number of phenolic OH excluding ortho intramolecular Hbond substituents is 1. The Morgan fingerprint density at radius 1 is 0.596 bits per heavy atom. The van der Waals surface area contributed by atoms with Crippen LogP contribution in [0.4, 0.5) is 0 Å². The van der Waals surface area contributed by atoms with Gasteiger partial charge in [0.15, 0.2) is 0 Å². The highest BCUT2D eigenvalue weighted by Crippen LogP contribution is 2.33. The van der Waals surface area contributed by atoms with Gasteiger partial charge in [0.2, 0.25) is 0 Å². The number of nitrogens with zero attached hydrogens (tertiary/aromatic N) is 2. The third-order valence-electron chi connectivity index (χ3n) is 12.3. The molecule has 2 unspecified atom stereocenters. The van der Waals surface area contributed by atoms with Crippen LogP contribution in [0.3, 0.4) is 0 Å². The first-order valence-electron chi connectivity index (χ1n) is 19.9. The lowest BCUT2D eigenvalue weighted by Gasteiger charge is -2.37. The summed E-state index contributed by atoms with van der Waals surface area (Å²) in [4.78, 5) is 5.56. The zero-order valence-corrected chi connectivity index (χ0v) is 30.1. The minimum absolute atomic E-state index is 0. The van der Waals surface area contributed by atoms with Crippen molar-refractivity contribution in [1.82, 2.24) is 9.80 Å². The molecule has 0 amide bonds. The summed E-state index contributed by atoms with van der Waals surface area (Å²) in [5.74, 6) is 2.49. The summed E-state index contributed by atoms with van der Waals surface area (Å²) in [5.41, 5.74) is 7.36. The van der Waals surface area contributed by atoms with Gasteiger partial charge in [0.1, 0.15) is 5.75 Å². The number of aromatic hydroxyl groups is 1. The number of benzene rings is 2. The average molecular weight is 645 g/mol. The highest BCUT2D eigenvalue weighted by molar-refractivity contribution is 5.41. The topological polar surface area (TPSA) is 26.7 Å². The van der Waals surface area contributed by atoms with Crippen LogP contribution in [0.1, 0.15) is 152 Å². The summed E-state index contributed by atoms with van der Waals surface area (Å²) < 4.78 is 0. The zero-order valence-electron chi connectivity index (χ0n) is 30.1. The highest BCUT2D eigenvalue weighted by Gasteiger charge is 2.27. The molecule has 0 bridgehead atoms. The van der Waals surface area contributed by atoms with Crippen molar-refractivity contribution in [2.75, 3.05) is 26.2 Å². The normalized spacial score (nSPS) is 21.8. The van der Waals surface area contributed by atoms with E-state index in [1.54, 1.807) is 11.1 Å². The summed E-state index contributed by atoms with van der Waals surface area (Å²) in [5, 5.41) is 10.2. The Bertz CT molecular complexity index is 1070. The van der Waals surface area contributed by atoms with Gasteiger partial charge >= 0.3 is 0 Å². The maximum atomic E-state index is 10.2. The third kappa shape index (κ3) is 11.1. The van der Waals surface area contributed by atoms with Crippen molar-refractivity contribution in [3.63, 3.8) is 0 Å². The first-order chi connectivity index (χ1) is 22.6. The standard InChI is InChI=1S/C22H35N.C21H33NO.CH4/c1-3-15-23(16-14-19-9-5-4-6-10-19)21-13-12-20-11-7-8-18(2)22(20)17-21;1-2-14-22(15-13-17-7-4-3-5-8-17)19-12-11-18-9-6-10-21(23)20(18)16-19;/h7-8,11,19,21H,3-6,9-10,12-17H2,1-2H3;6,9-10,17,19,23H,2-5,7-8,11-16H2,1H3;1H4. The fourth-order valence-electron chi connectivity index (χ4n) is 9.50. The summed E-state index contributed by atoms with van der Waals surface area (Å²) in [6.07, 6.45) is 27.4. The average Bonchev–Trinajstić information content (AvgIpc) is 3.10. The van der Waals surface area contributed by atoms with Crippen molar-refractivity contribution in [3.8, 4) is 5.75 Å². The van der Waals surface area contributed by atoms with Crippen molar-refractivity contribution < 1.29 is 5.11 Å². The zero-order chi connectivity index (χ0) is 32.1. The molecule has 0 aliphatic heterocycles. The van der Waals surface area contributed by atoms with Gasteiger partial charge in [-0.1, -0.05) is 116 Å². The van der Waals surface area contributed by atoms with Crippen LogP contribution in [0.2, 0.25) is 0 Å². The van der Waals surface area contributed by atoms with Gasteiger partial charge in [-0.05, 0) is 143 Å². The van der Waals surface area contributed by atoms with Gasteiger partial charge in [0.05, 0.1) is 0 Å². The molecular formula is C44H72N2O. The number of phenols is 1. The Balaban J connectivity index is 0.000000208. The number of rotatable bonds is 12. The monoisotopic (exact) mass is 645 g/mol. The Hall–Kier alpha value is -1.84. The number of hydrogen-bond acceptors (Lipinski definition) is 3. The molecule has 0 spiro atoms. The van der Waals surface area contributed by atoms with Gasteiger partial charge in [0.25, 0.3) is 0 Å². The molecule has 4 aliphatic rings. The number of fused-ring (bicyclic) bond motifs is 2. The molecule has 264 valence electrons. The van der Waals surface area contributed by atoms with E-state index in [0.29, 0.717) is 11.8 Å². The minimum atomic E-state index is 0. The van der Waals surface area contributed by atoms with Gasteiger partial charge in [-0.15, -0.1) is 0 Å². The van der Waals surface area contributed by atoms with Crippen LogP contribution in [-0.4, -0.2) is 53.2 Å². The van der Waals surface area contributed by atoms with Crippen LogP contribution < -0.4 is 0 Å². The van der Waals surface area contributed by atoms with E-state index < -0.39 is 0 Å². The first-order valence-corrected chi connectivity index (χ1v) is 19.9. The molecule has 2 atom stereocenters. The third-order valence-corrected chi connectivity index (χ3v) is 12.3. The lowest BCUT2D eigenvalue weighted by Crippen LogP contribution is -2.41. The fourth-order valence-corrected chi connectivity index (χ4v) is 9.50. The molecule has 2 aromatic carbocycles. The predicted molar refractivity (Wildman–Crippen MR) is 204 cm³/mol. The lowest BCUT2D eigenvalue weighted by atomic mass is 9.84. The largest absolute Gasteiger partial charge is 0.508 e. The molecular weight excluding hydrogens is 572 g/mol. The molecule has 2 fully saturated rings. The van der Waals surface area contributed by atoms with Gasteiger partial charge in [-0.2, -0.15) is 0 Å². The predicted octanol–water partition coefficient (Wildman–Crippen LogP) is 11.1. The Morgan fingerprint density at radius 2 is 1.06 bits per heavy atom. The van der Waals surface area contributed by atoms with E-state index in [9.17, 15) is 5.11 Å². The molecule has 0 heterocycles. The smallest absolute Gasteiger partial charge is 0.119 e. The molecule has 1 N–H and O–H groups in total. The summed E-state index contributed by atoms with van der Waals surface area (Å²) in [7, 11) is 0. The van der Waals surface area contributed by atoms with Crippen LogP contribution in [0.15, 0.2) is 36.4 Å². The molecule has 3 heteroatoms. The van der Waals surface area contributed by atoms with Crippen LogP contribution in [0.25, 0.3) is 0 Å². The Morgan fingerprint density at radius 3 is 1.57 bits per heavy atom. The maximum absolute atomic E-state index is 10.2. The second-order valence-electron chi connectivity index (χ2n) is 15.6. The van der Waals surface area contributed by atoms with E-state index in [0.717, 1.165) is 30.7 Å². The summed E-state index contributed by atoms with van der Waals surface area (Å²) in [6.45, 7) is 12.0. The molecule has 2 aromatic rings. The van der Waals surface area contributed by atoms with E-state index in [1.807, 2.05) is 12.1 Å². The molecule has 4 aliphatic carbocycles. The van der Waals surface area contributed by atoms with E-state index >= 15 is 0 Å². The van der Waals surface area contributed by atoms with Crippen LogP contribution >= 0.6 is 0 Å². The summed E-state index contributed by atoms with van der Waals surface area (Å²) in [6, 6.07) is 14.3. The Labute approximate surface area is 290 Å². The van der Waals surface area contributed by atoms with Crippen molar-refractivity contribution in [3.05, 3.63) is 64.2 Å². The van der Waals surface area contributed by atoms with Gasteiger partial charge in [-0.3, -0.25) is 0 Å². The van der Waals surface area contributed by atoms with Gasteiger partial charge in [0, 0.05) is 12.1 Å². The minimum Gasteiger partial charge on any atom is -0.508 e. The molecule has 6 rings (SSSR count). The Kier molecular flexibility index (Phi) is 16.1. The highest BCUT2D eigenvalue weighted by atomic mass is 16.3. The van der Waals surface area contributed by atoms with Crippen molar-refractivity contribution >= 4 is 0 Å². The summed E-state index contributed by atoms with van der Waals surface area (Å²) >= 11 is 0. The van der Waals surface area contributed by atoms with Crippen molar-refractivity contribution in [2.24, 2.45) is 11.8 Å². The molecule has 0 aromatic heterocycles. The van der Waals surface area contributed by atoms with Gasteiger partial charge in [-0.25, -0.2) is 0 Å². The van der Waals surface area contributed by atoms with Crippen LogP contribution in [0.5, 0.6) is 5.75 Å².